The van der Waals surface area contributed by atoms with Crippen molar-refractivity contribution in [2.24, 2.45) is 0 Å². The second-order valence-corrected chi connectivity index (χ2v) is 5.84. The Kier molecular flexibility index (Phi) is 4.01. The van der Waals surface area contributed by atoms with Gasteiger partial charge in [-0.25, -0.2) is 4.79 Å². The van der Waals surface area contributed by atoms with Gasteiger partial charge in [-0.2, -0.15) is 0 Å². The molecule has 6 heteroatoms. The van der Waals surface area contributed by atoms with E-state index in [0.717, 1.165) is 16.9 Å². The summed E-state index contributed by atoms with van der Waals surface area (Å²) < 4.78 is 0.708. The quantitative estimate of drug-likeness (QED) is 0.894. The van der Waals surface area contributed by atoms with E-state index >= 15 is 0 Å². The van der Waals surface area contributed by atoms with Crippen molar-refractivity contribution < 1.29 is 14.7 Å². The summed E-state index contributed by atoms with van der Waals surface area (Å²) in [4.78, 5) is 23.0. The third kappa shape index (κ3) is 3.21. The van der Waals surface area contributed by atoms with Crippen LogP contribution in [-0.2, 0) is 0 Å². The number of aromatic carboxylic acids is 1. The molecule has 4 nitrogen and oxygen atoms in total. The van der Waals surface area contributed by atoms with Gasteiger partial charge < -0.3 is 10.4 Å². The fourth-order valence-corrected chi connectivity index (χ4v) is 2.92. The van der Waals surface area contributed by atoms with Crippen LogP contribution in [0.2, 0.25) is 0 Å². The Morgan fingerprint density at radius 3 is 2.58 bits per heavy atom. The molecule has 0 radical (unpaired) electrons. The van der Waals surface area contributed by atoms with Crippen LogP contribution < -0.4 is 5.32 Å². The minimum Gasteiger partial charge on any atom is -0.477 e. The number of hydrogen-bond donors (Lipinski definition) is 2. The number of carbonyl (C=O) groups is 2. The predicted octanol–water partition coefficient (Wildman–Crippen LogP) is 3.77. The number of benzene rings is 1. The van der Waals surface area contributed by atoms with E-state index in [0.29, 0.717) is 15.0 Å². The van der Waals surface area contributed by atoms with E-state index in [1.165, 1.54) is 6.07 Å². The summed E-state index contributed by atoms with van der Waals surface area (Å²) in [5.74, 6) is -1.27. The first-order valence-electron chi connectivity index (χ1n) is 5.38. The van der Waals surface area contributed by atoms with Crippen LogP contribution in [0.4, 0.5) is 5.00 Å². The third-order valence-corrected chi connectivity index (χ3v) is 4.07. The molecule has 0 spiro atoms. The molecule has 98 valence electrons. The first kappa shape index (κ1) is 13.8. The van der Waals surface area contributed by atoms with Gasteiger partial charge in [0.2, 0.25) is 0 Å². The van der Waals surface area contributed by atoms with Crippen LogP contribution >= 0.6 is 27.3 Å². The van der Waals surface area contributed by atoms with Gasteiger partial charge in [0.1, 0.15) is 4.88 Å². The molecule has 1 aromatic carbocycles. The highest BCUT2D eigenvalue weighted by atomic mass is 79.9. The van der Waals surface area contributed by atoms with E-state index in [2.05, 4.69) is 21.2 Å². The molecule has 0 aliphatic rings. The van der Waals surface area contributed by atoms with Gasteiger partial charge >= 0.3 is 5.97 Å². The maximum atomic E-state index is 12.0. The maximum absolute atomic E-state index is 12.0. The maximum Gasteiger partial charge on any atom is 0.345 e. The van der Waals surface area contributed by atoms with Crippen molar-refractivity contribution in [2.45, 2.75) is 6.92 Å². The Hall–Kier alpha value is -1.66. The predicted molar refractivity (Wildman–Crippen MR) is 78.1 cm³/mol. The number of amides is 1. The Morgan fingerprint density at radius 1 is 1.26 bits per heavy atom. The Bertz CT molecular complexity index is 651. The van der Waals surface area contributed by atoms with Crippen molar-refractivity contribution in [2.75, 3.05) is 5.32 Å². The Labute approximate surface area is 122 Å². The van der Waals surface area contributed by atoms with Crippen molar-refractivity contribution in [3.63, 3.8) is 0 Å². The zero-order valence-electron chi connectivity index (χ0n) is 9.94. The van der Waals surface area contributed by atoms with Crippen molar-refractivity contribution >= 4 is 44.1 Å². The summed E-state index contributed by atoms with van der Waals surface area (Å²) in [6.45, 7) is 1.94. The van der Waals surface area contributed by atoms with Crippen molar-refractivity contribution in [1.82, 2.24) is 0 Å². The van der Waals surface area contributed by atoms with Gasteiger partial charge in [-0.05, 0) is 52.7 Å². The van der Waals surface area contributed by atoms with Gasteiger partial charge in [0.15, 0.2) is 0 Å². The lowest BCUT2D eigenvalue weighted by Gasteiger charge is -2.05. The van der Waals surface area contributed by atoms with Crippen molar-refractivity contribution in [3.8, 4) is 0 Å². The largest absolute Gasteiger partial charge is 0.477 e. The molecule has 19 heavy (non-hydrogen) atoms. The number of carbonyl (C=O) groups excluding carboxylic acids is 1. The van der Waals surface area contributed by atoms with Gasteiger partial charge in [-0.1, -0.05) is 6.07 Å². The molecule has 0 unspecified atom stereocenters. The van der Waals surface area contributed by atoms with Gasteiger partial charge in [-0.15, -0.1) is 11.3 Å². The lowest BCUT2D eigenvalue weighted by Crippen LogP contribution is -2.11. The Balaban J connectivity index is 2.18. The van der Waals surface area contributed by atoms with E-state index < -0.39 is 5.97 Å². The molecule has 1 amide bonds. The van der Waals surface area contributed by atoms with E-state index in [1.807, 2.05) is 19.1 Å². The van der Waals surface area contributed by atoms with Gasteiger partial charge in [0.25, 0.3) is 5.91 Å². The molecule has 0 atom stereocenters. The topological polar surface area (TPSA) is 66.4 Å². The fraction of sp³-hybridized carbons (Fsp3) is 0.0769. The molecule has 2 aromatic rings. The molecule has 0 saturated carbocycles. The number of carboxylic acid groups (broad SMARTS) is 1. The van der Waals surface area contributed by atoms with Crippen LogP contribution in [0.5, 0.6) is 0 Å². The zero-order chi connectivity index (χ0) is 14.0. The lowest BCUT2D eigenvalue weighted by atomic mass is 10.1. The number of halogens is 1. The first-order valence-corrected chi connectivity index (χ1v) is 6.99. The van der Waals surface area contributed by atoms with E-state index in [9.17, 15) is 9.59 Å². The lowest BCUT2D eigenvalue weighted by molar-refractivity contribution is 0.0702. The van der Waals surface area contributed by atoms with E-state index in [4.69, 9.17) is 5.11 Å². The smallest absolute Gasteiger partial charge is 0.345 e. The average Bonchev–Trinajstić information content (AvgIpc) is 2.77. The van der Waals surface area contributed by atoms with Crippen LogP contribution in [0.15, 0.2) is 34.8 Å². The number of hydrogen-bond acceptors (Lipinski definition) is 3. The fourth-order valence-electron chi connectivity index (χ4n) is 1.50. The average molecular weight is 340 g/mol. The molecule has 0 bridgehead atoms. The summed E-state index contributed by atoms with van der Waals surface area (Å²) in [5.41, 5.74) is 1.56. The SMILES string of the molecule is Cc1ccc(C(=O)Nc2ccc(C(=O)O)s2)c(Br)c1. The molecule has 0 aliphatic heterocycles. The number of carboxylic acids is 1. The van der Waals surface area contributed by atoms with E-state index in [1.54, 1.807) is 12.1 Å². The molecule has 1 aromatic heterocycles. The molecule has 2 rings (SSSR count). The summed E-state index contributed by atoms with van der Waals surface area (Å²) in [5, 5.41) is 12.0. The number of thiophene rings is 1. The Morgan fingerprint density at radius 2 is 2.00 bits per heavy atom. The minimum atomic E-state index is -0.998. The monoisotopic (exact) mass is 339 g/mol. The molecular formula is C13H10BrNO3S. The summed E-state index contributed by atoms with van der Waals surface area (Å²) >= 11 is 4.36. The number of anilines is 1. The summed E-state index contributed by atoms with van der Waals surface area (Å²) in [6, 6.07) is 8.46. The zero-order valence-corrected chi connectivity index (χ0v) is 12.3. The highest BCUT2D eigenvalue weighted by molar-refractivity contribution is 9.10. The summed E-state index contributed by atoms with van der Waals surface area (Å²) in [6.07, 6.45) is 0. The second-order valence-electron chi connectivity index (χ2n) is 3.91. The summed E-state index contributed by atoms with van der Waals surface area (Å²) in [7, 11) is 0. The molecule has 0 fully saturated rings. The van der Waals surface area contributed by atoms with Crippen molar-refractivity contribution in [3.05, 3.63) is 50.8 Å². The molecular weight excluding hydrogens is 330 g/mol. The van der Waals surface area contributed by atoms with E-state index in [-0.39, 0.29) is 10.8 Å². The standard InChI is InChI=1S/C13H10BrNO3S/c1-7-2-3-8(9(14)6-7)12(16)15-11-5-4-10(19-11)13(17)18/h2-6H,1H3,(H,15,16)(H,17,18). The number of rotatable bonds is 3. The van der Waals surface area contributed by atoms with Gasteiger partial charge in [-0.3, -0.25) is 4.79 Å². The van der Waals surface area contributed by atoms with Gasteiger partial charge in [0.05, 0.1) is 10.6 Å². The van der Waals surface area contributed by atoms with Crippen LogP contribution in [-0.4, -0.2) is 17.0 Å². The molecule has 2 N–H and O–H groups in total. The van der Waals surface area contributed by atoms with Crippen LogP contribution in [0.1, 0.15) is 25.6 Å². The molecule has 0 aliphatic carbocycles. The number of aryl methyl sites for hydroxylation is 1. The molecule has 1 heterocycles. The van der Waals surface area contributed by atoms with Crippen molar-refractivity contribution in [1.29, 1.82) is 0 Å². The minimum absolute atomic E-state index is 0.193. The normalized spacial score (nSPS) is 10.2. The third-order valence-electron chi connectivity index (χ3n) is 2.42. The first-order chi connectivity index (χ1) is 8.97. The van der Waals surface area contributed by atoms with Crippen LogP contribution in [0.25, 0.3) is 0 Å². The number of nitrogens with one attached hydrogen (secondary N) is 1. The van der Waals surface area contributed by atoms with Crippen LogP contribution in [0.3, 0.4) is 0 Å². The van der Waals surface area contributed by atoms with Gasteiger partial charge in [0, 0.05) is 4.47 Å². The highest BCUT2D eigenvalue weighted by Gasteiger charge is 2.13. The van der Waals surface area contributed by atoms with Crippen LogP contribution in [0, 0.1) is 6.92 Å². The highest BCUT2D eigenvalue weighted by Crippen LogP contribution is 2.24. The second kappa shape index (κ2) is 5.54. The molecule has 0 saturated heterocycles.